The first-order valence-electron chi connectivity index (χ1n) is 13.3. The average molecular weight is 487 g/mol. The normalized spacial score (nSPS) is 19.4. The Morgan fingerprint density at radius 1 is 1.06 bits per heavy atom. The zero-order valence-corrected chi connectivity index (χ0v) is 21.6. The second kappa shape index (κ2) is 11.7. The quantitative estimate of drug-likeness (QED) is 0.519. The van der Waals surface area contributed by atoms with Crippen molar-refractivity contribution < 1.29 is 9.59 Å². The molecular weight excluding hydrogens is 448 g/mol. The van der Waals surface area contributed by atoms with Crippen molar-refractivity contribution >= 4 is 11.8 Å². The number of nitrogens with zero attached hydrogens (tertiary/aromatic N) is 3. The van der Waals surface area contributed by atoms with Gasteiger partial charge in [-0.25, -0.2) is 5.01 Å². The van der Waals surface area contributed by atoms with Crippen molar-refractivity contribution in [1.29, 1.82) is 5.26 Å². The van der Waals surface area contributed by atoms with Gasteiger partial charge in [-0.3, -0.25) is 15.0 Å². The number of hydrazine groups is 1. The van der Waals surface area contributed by atoms with Crippen molar-refractivity contribution in [3.05, 3.63) is 71.3 Å². The predicted molar refractivity (Wildman–Crippen MR) is 140 cm³/mol. The molecule has 2 aliphatic heterocycles. The summed E-state index contributed by atoms with van der Waals surface area (Å²) >= 11 is 0. The summed E-state index contributed by atoms with van der Waals surface area (Å²) in [4.78, 5) is 27.9. The van der Waals surface area contributed by atoms with Crippen LogP contribution in [0.25, 0.3) is 0 Å². The van der Waals surface area contributed by atoms with Crippen molar-refractivity contribution in [2.24, 2.45) is 5.92 Å². The molecule has 0 bridgehead atoms. The number of nitrogens with one attached hydrogen (secondary N) is 1. The van der Waals surface area contributed by atoms with Crippen LogP contribution in [0.5, 0.6) is 0 Å². The molecule has 2 aromatic rings. The van der Waals surface area contributed by atoms with Gasteiger partial charge in [-0.2, -0.15) is 5.26 Å². The number of benzene rings is 2. The van der Waals surface area contributed by atoms with Crippen LogP contribution in [0.15, 0.2) is 54.6 Å². The highest BCUT2D eigenvalue weighted by molar-refractivity contribution is 5.88. The maximum atomic E-state index is 13.1. The van der Waals surface area contributed by atoms with Crippen LogP contribution in [-0.4, -0.2) is 40.9 Å². The van der Waals surface area contributed by atoms with Crippen molar-refractivity contribution in [3.63, 3.8) is 0 Å². The van der Waals surface area contributed by atoms with Crippen molar-refractivity contribution in [3.8, 4) is 6.07 Å². The Kier molecular flexibility index (Phi) is 8.43. The fourth-order valence-corrected chi connectivity index (χ4v) is 5.73. The van der Waals surface area contributed by atoms with Gasteiger partial charge in [0.25, 0.3) is 5.91 Å². The second-order valence-corrected chi connectivity index (χ2v) is 10.5. The van der Waals surface area contributed by atoms with Gasteiger partial charge in [0.1, 0.15) is 6.04 Å². The smallest absolute Gasteiger partial charge is 0.257 e. The molecule has 2 aliphatic rings. The van der Waals surface area contributed by atoms with Crippen LogP contribution in [0.2, 0.25) is 0 Å². The minimum Gasteiger partial charge on any atom is -0.331 e. The van der Waals surface area contributed by atoms with Crippen LogP contribution in [0.1, 0.15) is 69.1 Å². The van der Waals surface area contributed by atoms with E-state index in [2.05, 4.69) is 43.5 Å². The van der Waals surface area contributed by atoms with E-state index in [0.29, 0.717) is 25.9 Å². The number of hydrogen-bond acceptors (Lipinski definition) is 4. The zero-order valence-electron chi connectivity index (χ0n) is 21.6. The fourth-order valence-electron chi connectivity index (χ4n) is 5.73. The number of fused-ring (bicyclic) bond motifs is 1. The first-order chi connectivity index (χ1) is 17.4. The predicted octanol–water partition coefficient (Wildman–Crippen LogP) is 4.74. The fraction of sp³-hybridized carbons (Fsp3) is 0.500. The Bertz CT molecular complexity index is 1090. The maximum absolute atomic E-state index is 13.1. The van der Waals surface area contributed by atoms with Gasteiger partial charge in [0.15, 0.2) is 0 Å². The summed E-state index contributed by atoms with van der Waals surface area (Å²) in [6.07, 6.45) is 5.12. The molecule has 1 N–H and O–H groups in total. The first-order valence-corrected chi connectivity index (χ1v) is 13.3. The molecule has 0 aromatic heterocycles. The van der Waals surface area contributed by atoms with Crippen LogP contribution < -0.4 is 5.43 Å². The van der Waals surface area contributed by atoms with Crippen molar-refractivity contribution in [2.45, 2.75) is 76.8 Å². The lowest BCUT2D eigenvalue weighted by molar-refractivity contribution is -0.141. The van der Waals surface area contributed by atoms with E-state index >= 15 is 0 Å². The monoisotopic (exact) mass is 486 g/mol. The number of rotatable bonds is 9. The Morgan fingerprint density at radius 3 is 2.50 bits per heavy atom. The molecule has 36 heavy (non-hydrogen) atoms. The highest BCUT2D eigenvalue weighted by atomic mass is 16.2. The van der Waals surface area contributed by atoms with Gasteiger partial charge in [0.2, 0.25) is 5.91 Å². The molecular formula is C30H38N4O2. The summed E-state index contributed by atoms with van der Waals surface area (Å²) in [5.41, 5.74) is 6.16. The second-order valence-electron chi connectivity index (χ2n) is 10.5. The molecule has 2 atom stereocenters. The van der Waals surface area contributed by atoms with Gasteiger partial charge in [-0.05, 0) is 54.7 Å². The molecule has 2 heterocycles. The summed E-state index contributed by atoms with van der Waals surface area (Å²) in [5.74, 6) is 0.144. The Hall–Kier alpha value is -3.17. The molecule has 2 amide bonds. The summed E-state index contributed by atoms with van der Waals surface area (Å²) in [7, 11) is 0. The lowest BCUT2D eigenvalue weighted by atomic mass is 9.69. The lowest BCUT2D eigenvalue weighted by Gasteiger charge is -2.32. The van der Waals surface area contributed by atoms with Gasteiger partial charge in [-0.15, -0.1) is 0 Å². The highest BCUT2D eigenvalue weighted by Gasteiger charge is 2.37. The molecule has 2 aromatic carbocycles. The van der Waals surface area contributed by atoms with Gasteiger partial charge in [-0.1, -0.05) is 74.9 Å². The average Bonchev–Trinajstić information content (AvgIpc) is 3.40. The van der Waals surface area contributed by atoms with E-state index in [1.54, 1.807) is 4.90 Å². The largest absolute Gasteiger partial charge is 0.331 e. The van der Waals surface area contributed by atoms with Gasteiger partial charge in [0.05, 0.1) is 11.5 Å². The van der Waals surface area contributed by atoms with E-state index in [0.717, 1.165) is 44.2 Å². The van der Waals surface area contributed by atoms with Gasteiger partial charge in [0, 0.05) is 26.1 Å². The van der Waals surface area contributed by atoms with E-state index < -0.39 is 11.5 Å². The highest BCUT2D eigenvalue weighted by Crippen LogP contribution is 2.37. The number of carbonyl (C=O) groups is 2. The molecule has 1 saturated heterocycles. The summed E-state index contributed by atoms with van der Waals surface area (Å²) in [6, 6.07) is 20.5. The number of hydrogen-bond donors (Lipinski definition) is 1. The van der Waals surface area contributed by atoms with E-state index in [1.165, 1.54) is 11.1 Å². The molecule has 0 spiro atoms. The molecule has 6 heteroatoms. The summed E-state index contributed by atoms with van der Waals surface area (Å²) in [6.45, 7) is 6.30. The van der Waals surface area contributed by atoms with Crippen LogP contribution in [0.4, 0.5) is 0 Å². The minimum atomic E-state index is -0.548. The number of likely N-dealkylation sites (tertiary alicyclic amines) is 1. The van der Waals surface area contributed by atoms with Gasteiger partial charge >= 0.3 is 0 Å². The molecule has 190 valence electrons. The topological polar surface area (TPSA) is 76.4 Å². The summed E-state index contributed by atoms with van der Waals surface area (Å²) < 4.78 is 0. The number of unbranched alkanes of at least 4 members (excludes halogenated alkanes) is 1. The Morgan fingerprint density at radius 2 is 1.78 bits per heavy atom. The third kappa shape index (κ3) is 5.63. The third-order valence-corrected chi connectivity index (χ3v) is 7.96. The van der Waals surface area contributed by atoms with Crippen molar-refractivity contribution in [2.75, 3.05) is 13.1 Å². The molecule has 4 rings (SSSR count). The van der Waals surface area contributed by atoms with Crippen LogP contribution >= 0.6 is 0 Å². The standard InChI is InChI=1S/C30H38N4O2/c1-23(2)30(22-31,26-13-4-3-5-14-26)18-9-8-16-28(35)34-19-10-15-27(34)29(36)32-33-20-17-24-11-6-7-12-25(24)21-33/h3-7,11-14,23,27H,8-10,15-21H2,1-2H3,(H,32,36)/t27-,30+/m1/s1. The summed E-state index contributed by atoms with van der Waals surface area (Å²) in [5, 5.41) is 12.1. The third-order valence-electron chi connectivity index (χ3n) is 7.96. The molecule has 6 nitrogen and oxygen atoms in total. The number of nitriles is 1. The Balaban J connectivity index is 1.28. The van der Waals surface area contributed by atoms with E-state index in [1.807, 2.05) is 41.4 Å². The van der Waals surface area contributed by atoms with E-state index in [-0.39, 0.29) is 17.7 Å². The van der Waals surface area contributed by atoms with Crippen LogP contribution in [-0.2, 0) is 28.0 Å². The molecule has 0 unspecified atom stereocenters. The first kappa shape index (κ1) is 25.9. The van der Waals surface area contributed by atoms with Gasteiger partial charge < -0.3 is 4.90 Å². The van der Waals surface area contributed by atoms with E-state index in [9.17, 15) is 14.9 Å². The molecule has 0 radical (unpaired) electrons. The SMILES string of the molecule is CC(C)[C@@](C#N)(CCCCC(=O)N1CCC[C@@H]1C(=O)NN1CCc2ccccc2C1)c1ccccc1. The van der Waals surface area contributed by atoms with Crippen molar-refractivity contribution in [1.82, 2.24) is 15.3 Å². The number of carbonyl (C=O) groups excluding carboxylic acids is 2. The maximum Gasteiger partial charge on any atom is 0.257 e. The zero-order chi connectivity index (χ0) is 25.5. The lowest BCUT2D eigenvalue weighted by Crippen LogP contribution is -2.52. The minimum absolute atomic E-state index is 0.0449. The number of amides is 2. The van der Waals surface area contributed by atoms with Crippen LogP contribution in [0.3, 0.4) is 0 Å². The van der Waals surface area contributed by atoms with E-state index in [4.69, 9.17) is 0 Å². The molecule has 1 fully saturated rings. The Labute approximate surface area is 215 Å². The molecule has 0 aliphatic carbocycles. The molecule has 0 saturated carbocycles. The van der Waals surface area contributed by atoms with Crippen LogP contribution in [0, 0.1) is 17.2 Å².